The van der Waals surface area contributed by atoms with Gasteiger partial charge in [-0.05, 0) is 68.1 Å². The fourth-order valence-corrected chi connectivity index (χ4v) is 5.27. The highest BCUT2D eigenvalue weighted by Gasteiger charge is 2.39. The Morgan fingerprint density at radius 2 is 1.29 bits per heavy atom. The van der Waals surface area contributed by atoms with E-state index < -0.39 is 70.6 Å². The van der Waals surface area contributed by atoms with Gasteiger partial charge in [-0.15, -0.1) is 0 Å². The van der Waals surface area contributed by atoms with E-state index in [-0.39, 0.29) is 24.7 Å². The molecule has 1 saturated carbocycles. The molecule has 2 aromatic rings. The molecule has 6 nitrogen and oxygen atoms in total. The second-order valence-corrected chi connectivity index (χ2v) is 10.4. The van der Waals surface area contributed by atoms with Gasteiger partial charge in [0.2, 0.25) is 5.91 Å². The second kappa shape index (κ2) is 12.1. The van der Waals surface area contributed by atoms with E-state index in [0.29, 0.717) is 37.8 Å². The number of carbonyl (C=O) groups excluding carboxylic acids is 3. The van der Waals surface area contributed by atoms with Gasteiger partial charge in [0.1, 0.15) is 5.82 Å². The van der Waals surface area contributed by atoms with Gasteiger partial charge in [-0.3, -0.25) is 14.4 Å². The van der Waals surface area contributed by atoms with Gasteiger partial charge in [0.15, 0.2) is 0 Å². The summed E-state index contributed by atoms with van der Waals surface area (Å²) in [5, 5.41) is 5.78. The van der Waals surface area contributed by atoms with Gasteiger partial charge in [-0.2, -0.15) is 26.3 Å². The Morgan fingerprint density at radius 3 is 1.85 bits per heavy atom. The average Bonchev–Trinajstić information content (AvgIpc) is 2.93. The van der Waals surface area contributed by atoms with Crippen LogP contribution in [0.15, 0.2) is 42.5 Å². The lowest BCUT2D eigenvalue weighted by atomic mass is 9.88. The molecule has 2 N–H and O–H groups in total. The summed E-state index contributed by atoms with van der Waals surface area (Å²) in [6, 6.07) is 4.91. The van der Waals surface area contributed by atoms with Gasteiger partial charge < -0.3 is 15.5 Å². The normalized spacial score (nSPS) is 21.7. The first kappa shape index (κ1) is 30.3. The maximum Gasteiger partial charge on any atom is 0.416 e. The third-order valence-electron chi connectivity index (χ3n) is 7.43. The smallest absolute Gasteiger partial charge is 0.351 e. The first-order valence-corrected chi connectivity index (χ1v) is 13.2. The Kier molecular flexibility index (Phi) is 8.93. The van der Waals surface area contributed by atoms with Crippen molar-refractivity contribution in [1.29, 1.82) is 0 Å². The van der Waals surface area contributed by atoms with E-state index in [4.69, 9.17) is 0 Å². The molecule has 0 aromatic heterocycles. The summed E-state index contributed by atoms with van der Waals surface area (Å²) < 4.78 is 92.8. The minimum Gasteiger partial charge on any atom is -0.351 e. The van der Waals surface area contributed by atoms with Gasteiger partial charge in [-0.25, -0.2) is 4.39 Å². The van der Waals surface area contributed by atoms with E-state index in [0.717, 1.165) is 29.9 Å². The molecule has 1 heterocycles. The Morgan fingerprint density at radius 1 is 0.732 bits per heavy atom. The van der Waals surface area contributed by atoms with Crippen LogP contribution < -0.4 is 10.6 Å². The molecule has 2 aliphatic rings. The van der Waals surface area contributed by atoms with Crippen molar-refractivity contribution >= 4 is 17.7 Å². The van der Waals surface area contributed by atoms with Crippen LogP contribution in [0.25, 0.3) is 0 Å². The van der Waals surface area contributed by atoms with Crippen LogP contribution in [0.3, 0.4) is 0 Å². The molecule has 0 bridgehead atoms. The number of piperidine rings is 1. The van der Waals surface area contributed by atoms with E-state index in [1.165, 1.54) is 12.1 Å². The van der Waals surface area contributed by atoms with Crippen LogP contribution in [-0.4, -0.2) is 47.8 Å². The van der Waals surface area contributed by atoms with Gasteiger partial charge in [0.25, 0.3) is 11.8 Å². The molecule has 1 aliphatic carbocycles. The quantitative estimate of drug-likeness (QED) is 0.449. The van der Waals surface area contributed by atoms with Crippen LogP contribution >= 0.6 is 0 Å². The van der Waals surface area contributed by atoms with Crippen LogP contribution in [-0.2, 0) is 17.1 Å². The minimum atomic E-state index is -5.09. The van der Waals surface area contributed by atoms with Crippen molar-refractivity contribution in [3.8, 4) is 0 Å². The fourth-order valence-electron chi connectivity index (χ4n) is 5.27. The zero-order valence-corrected chi connectivity index (χ0v) is 21.7. The SMILES string of the molecule is O=C(N[C@@H]1CCCCC1NC(=O)C1CCCN(C(=O)c2cc(C(F)(F)F)cc(C(F)(F)F)c2)C1)c1ccc(F)cc1. The Labute approximate surface area is 231 Å². The van der Waals surface area contributed by atoms with Crippen molar-refractivity contribution in [2.45, 2.75) is 63.0 Å². The number of amides is 3. The number of likely N-dealkylation sites (tertiary alicyclic amines) is 1. The predicted molar refractivity (Wildman–Crippen MR) is 133 cm³/mol. The molecule has 3 atom stereocenters. The van der Waals surface area contributed by atoms with Crippen LogP contribution in [0.1, 0.15) is 70.4 Å². The van der Waals surface area contributed by atoms with E-state index in [1.54, 1.807) is 0 Å². The van der Waals surface area contributed by atoms with Crippen LogP contribution in [0.5, 0.6) is 0 Å². The van der Waals surface area contributed by atoms with Crippen LogP contribution in [0.2, 0.25) is 0 Å². The molecule has 2 aromatic carbocycles. The molecule has 1 saturated heterocycles. The molecule has 41 heavy (non-hydrogen) atoms. The average molecular weight is 588 g/mol. The topological polar surface area (TPSA) is 78.5 Å². The molecular formula is C28H28F7N3O3. The number of hydrogen-bond donors (Lipinski definition) is 2. The largest absolute Gasteiger partial charge is 0.416 e. The summed E-state index contributed by atoms with van der Waals surface area (Å²) >= 11 is 0. The minimum absolute atomic E-state index is 0.0430. The standard InChI is InChI=1S/C28H28F7N3O3/c29-21-9-7-16(8-10-21)24(39)36-22-5-1-2-6-23(22)37-25(40)17-4-3-11-38(15-17)26(41)18-12-19(27(30,31)32)14-20(13-18)28(33,34)35/h7-10,12-14,17,22-23H,1-6,11,15H2,(H,36,39)(H,37,40)/t17?,22-,23?/m1/s1. The van der Waals surface area contributed by atoms with E-state index in [2.05, 4.69) is 10.6 Å². The van der Waals surface area contributed by atoms with Crippen molar-refractivity contribution in [3.63, 3.8) is 0 Å². The summed E-state index contributed by atoms with van der Waals surface area (Å²) in [7, 11) is 0. The van der Waals surface area contributed by atoms with E-state index in [9.17, 15) is 45.1 Å². The number of alkyl halides is 6. The summed E-state index contributed by atoms with van der Waals surface area (Å²) in [6.45, 7) is -0.110. The first-order chi connectivity index (χ1) is 19.2. The lowest BCUT2D eigenvalue weighted by Gasteiger charge is -2.36. The zero-order chi connectivity index (χ0) is 29.9. The molecule has 2 unspecified atom stereocenters. The summed E-state index contributed by atoms with van der Waals surface area (Å²) in [4.78, 5) is 40.0. The monoisotopic (exact) mass is 587 g/mol. The third kappa shape index (κ3) is 7.56. The molecule has 222 valence electrons. The van der Waals surface area contributed by atoms with E-state index in [1.807, 2.05) is 0 Å². The second-order valence-electron chi connectivity index (χ2n) is 10.4. The van der Waals surface area contributed by atoms with E-state index >= 15 is 0 Å². The summed E-state index contributed by atoms with van der Waals surface area (Å²) in [5.41, 5.74) is -3.68. The Bertz CT molecular complexity index is 1250. The maximum absolute atomic E-state index is 13.3. The molecule has 0 radical (unpaired) electrons. The number of nitrogens with zero attached hydrogens (tertiary/aromatic N) is 1. The molecule has 0 spiro atoms. The Balaban J connectivity index is 1.44. The van der Waals surface area contributed by atoms with Gasteiger partial charge in [0, 0.05) is 36.3 Å². The van der Waals surface area contributed by atoms with Crippen molar-refractivity contribution in [1.82, 2.24) is 15.5 Å². The predicted octanol–water partition coefficient (Wildman–Crippen LogP) is 5.57. The number of benzene rings is 2. The number of carbonyl (C=O) groups is 3. The van der Waals surface area contributed by atoms with Gasteiger partial charge >= 0.3 is 12.4 Å². The van der Waals surface area contributed by atoms with Crippen molar-refractivity contribution in [2.24, 2.45) is 5.92 Å². The van der Waals surface area contributed by atoms with Crippen molar-refractivity contribution < 1.29 is 45.1 Å². The number of halogens is 7. The highest BCUT2D eigenvalue weighted by Crippen LogP contribution is 2.37. The number of hydrogen-bond acceptors (Lipinski definition) is 3. The molecule has 13 heteroatoms. The lowest BCUT2D eigenvalue weighted by molar-refractivity contribution is -0.143. The highest BCUT2D eigenvalue weighted by atomic mass is 19.4. The lowest BCUT2D eigenvalue weighted by Crippen LogP contribution is -2.55. The van der Waals surface area contributed by atoms with Crippen molar-refractivity contribution in [2.75, 3.05) is 13.1 Å². The number of rotatable bonds is 5. The highest BCUT2D eigenvalue weighted by molar-refractivity contribution is 5.95. The Hall–Kier alpha value is -3.64. The van der Waals surface area contributed by atoms with Gasteiger partial charge in [0.05, 0.1) is 17.0 Å². The molecule has 4 rings (SSSR count). The molecule has 3 amide bonds. The van der Waals surface area contributed by atoms with Crippen molar-refractivity contribution in [3.05, 3.63) is 70.5 Å². The van der Waals surface area contributed by atoms with Crippen LogP contribution in [0.4, 0.5) is 30.7 Å². The summed E-state index contributed by atoms with van der Waals surface area (Å²) in [5.74, 6) is -3.10. The zero-order valence-electron chi connectivity index (χ0n) is 21.7. The third-order valence-corrected chi connectivity index (χ3v) is 7.43. The number of nitrogens with one attached hydrogen (secondary N) is 2. The molecule has 1 aliphatic heterocycles. The first-order valence-electron chi connectivity index (χ1n) is 13.2. The molecular weight excluding hydrogens is 559 g/mol. The summed E-state index contributed by atoms with van der Waals surface area (Å²) in [6.07, 6.45) is -6.74. The maximum atomic E-state index is 13.3. The molecule has 2 fully saturated rings. The van der Waals surface area contributed by atoms with Gasteiger partial charge in [-0.1, -0.05) is 12.8 Å². The fraction of sp³-hybridized carbons (Fsp3) is 0.464. The van der Waals surface area contributed by atoms with Crippen LogP contribution in [0, 0.1) is 11.7 Å².